The number of esters is 1. The summed E-state index contributed by atoms with van der Waals surface area (Å²) in [4.78, 5) is 45.2. The number of pyridine rings is 1. The largest absolute Gasteiger partial charge is 0.507 e. The van der Waals surface area contributed by atoms with Crippen LogP contribution in [0.25, 0.3) is 5.76 Å². The number of aliphatic hydroxyl groups is 1. The Bertz CT molecular complexity index is 1420. The lowest BCUT2D eigenvalue weighted by Crippen LogP contribution is -2.30. The molecule has 1 atom stereocenters. The van der Waals surface area contributed by atoms with Crippen LogP contribution in [-0.4, -0.2) is 47.1 Å². The number of Topliss-reactive ketones (excluding diaryl/α,β-unsaturated/α-hetero) is 1. The molecule has 2 heterocycles. The third-order valence-electron chi connectivity index (χ3n) is 5.93. The second-order valence-corrected chi connectivity index (χ2v) is 8.95. The van der Waals surface area contributed by atoms with Gasteiger partial charge in [0.25, 0.3) is 11.7 Å². The predicted molar refractivity (Wildman–Crippen MR) is 145 cm³/mol. The predicted octanol–water partition coefficient (Wildman–Crippen LogP) is 5.07. The van der Waals surface area contributed by atoms with Crippen molar-refractivity contribution in [3.63, 3.8) is 0 Å². The first-order valence-corrected chi connectivity index (χ1v) is 12.7. The van der Waals surface area contributed by atoms with Gasteiger partial charge in [-0.25, -0.2) is 4.79 Å². The molecule has 1 N–H and O–H groups in total. The molecule has 1 amide bonds. The Morgan fingerprint density at radius 2 is 1.77 bits per heavy atom. The first-order valence-electron chi connectivity index (χ1n) is 12.7. The zero-order valence-corrected chi connectivity index (χ0v) is 22.2. The maximum atomic E-state index is 13.5. The highest BCUT2D eigenvalue weighted by molar-refractivity contribution is 6.51. The average molecular weight is 531 g/mol. The smallest absolute Gasteiger partial charge is 0.338 e. The third kappa shape index (κ3) is 5.62. The Morgan fingerprint density at radius 3 is 2.44 bits per heavy atom. The Balaban J connectivity index is 1.89. The van der Waals surface area contributed by atoms with Gasteiger partial charge in [0.2, 0.25) is 0 Å². The van der Waals surface area contributed by atoms with E-state index in [0.717, 1.165) is 0 Å². The topological polar surface area (TPSA) is 115 Å². The van der Waals surface area contributed by atoms with E-state index in [1.807, 2.05) is 6.92 Å². The Hall–Kier alpha value is -4.66. The van der Waals surface area contributed by atoms with Gasteiger partial charge >= 0.3 is 5.97 Å². The number of rotatable bonds is 9. The second kappa shape index (κ2) is 11.8. The molecule has 39 heavy (non-hydrogen) atoms. The molecule has 0 spiro atoms. The number of hydrogen-bond donors (Lipinski definition) is 1. The number of aromatic nitrogens is 1. The highest BCUT2D eigenvalue weighted by Crippen LogP contribution is 2.43. The van der Waals surface area contributed by atoms with E-state index in [-0.39, 0.29) is 28.5 Å². The molecular weight excluding hydrogens is 500 g/mol. The molecule has 202 valence electrons. The van der Waals surface area contributed by atoms with Gasteiger partial charge < -0.3 is 19.3 Å². The quantitative estimate of drug-likeness (QED) is 0.176. The van der Waals surface area contributed by atoms with Gasteiger partial charge in [-0.2, -0.15) is 0 Å². The fourth-order valence-corrected chi connectivity index (χ4v) is 4.36. The summed E-state index contributed by atoms with van der Waals surface area (Å²) < 4.78 is 16.6. The Morgan fingerprint density at radius 1 is 1.00 bits per heavy atom. The van der Waals surface area contributed by atoms with Crippen molar-refractivity contribution in [2.45, 2.75) is 39.8 Å². The molecule has 1 fully saturated rings. The van der Waals surface area contributed by atoms with Crippen LogP contribution in [0.1, 0.15) is 55.4 Å². The molecule has 1 unspecified atom stereocenters. The lowest BCUT2D eigenvalue weighted by molar-refractivity contribution is -0.132. The van der Waals surface area contributed by atoms with Gasteiger partial charge in [-0.1, -0.05) is 12.1 Å². The molecule has 0 radical (unpaired) electrons. The normalized spacial score (nSPS) is 16.4. The van der Waals surface area contributed by atoms with Gasteiger partial charge in [0.15, 0.2) is 0 Å². The summed E-state index contributed by atoms with van der Waals surface area (Å²) in [7, 11) is 0. The molecule has 1 aliphatic heterocycles. The Kier molecular flexibility index (Phi) is 8.29. The molecule has 0 aliphatic carbocycles. The number of nitrogens with zero attached hydrogens (tertiary/aromatic N) is 2. The molecule has 0 saturated carbocycles. The first-order chi connectivity index (χ1) is 18.8. The maximum absolute atomic E-state index is 13.5. The van der Waals surface area contributed by atoms with E-state index < -0.39 is 29.5 Å². The molecule has 0 bridgehead atoms. The van der Waals surface area contributed by atoms with E-state index in [2.05, 4.69) is 4.98 Å². The van der Waals surface area contributed by atoms with Gasteiger partial charge in [0, 0.05) is 18.0 Å². The van der Waals surface area contributed by atoms with Crippen LogP contribution in [0.5, 0.6) is 11.5 Å². The Labute approximate surface area is 226 Å². The molecule has 3 aromatic rings. The van der Waals surface area contributed by atoms with E-state index in [9.17, 15) is 19.5 Å². The number of ether oxygens (including phenoxy) is 3. The standard InChI is InChI=1S/C30H30N2O7/c1-5-37-21-13-14-22(24(17-21)38-6-2)27(33)25-26(23-12-7-8-15-31-23)32(29(35)28(25)34)20-11-9-10-19(16-20)30(36)39-18(3)4/h7-18,26,33H,5-6H2,1-4H3/b27-25-. The van der Waals surface area contributed by atoms with Crippen molar-refractivity contribution in [3.05, 3.63) is 89.3 Å². The molecule has 9 heteroatoms. The van der Waals surface area contributed by atoms with Crippen LogP contribution < -0.4 is 14.4 Å². The van der Waals surface area contributed by atoms with Crippen molar-refractivity contribution >= 4 is 29.1 Å². The van der Waals surface area contributed by atoms with E-state index in [0.29, 0.717) is 30.4 Å². The number of aliphatic hydroxyl groups excluding tert-OH is 1. The van der Waals surface area contributed by atoms with Crippen LogP contribution in [0.15, 0.2) is 72.4 Å². The number of ketones is 1. The summed E-state index contributed by atoms with van der Waals surface area (Å²) in [5, 5.41) is 11.5. The van der Waals surface area contributed by atoms with Crippen molar-refractivity contribution in [2.75, 3.05) is 18.1 Å². The number of hydrogen-bond acceptors (Lipinski definition) is 8. The van der Waals surface area contributed by atoms with Gasteiger partial charge in [-0.3, -0.25) is 19.5 Å². The third-order valence-corrected chi connectivity index (χ3v) is 5.93. The summed E-state index contributed by atoms with van der Waals surface area (Å²) in [6.45, 7) is 7.84. The summed E-state index contributed by atoms with van der Waals surface area (Å²) in [6, 6.07) is 15.1. The minimum Gasteiger partial charge on any atom is -0.507 e. The summed E-state index contributed by atoms with van der Waals surface area (Å²) in [5.41, 5.74) is 0.930. The second-order valence-electron chi connectivity index (χ2n) is 8.95. The highest BCUT2D eigenvalue weighted by Gasteiger charge is 2.48. The number of carbonyl (C=O) groups is 3. The maximum Gasteiger partial charge on any atom is 0.338 e. The van der Waals surface area contributed by atoms with Crippen molar-refractivity contribution in [3.8, 4) is 11.5 Å². The van der Waals surface area contributed by atoms with Crippen LogP contribution in [0.3, 0.4) is 0 Å². The molecular formula is C30H30N2O7. The van der Waals surface area contributed by atoms with Crippen molar-refractivity contribution in [1.82, 2.24) is 4.98 Å². The molecule has 1 saturated heterocycles. The van der Waals surface area contributed by atoms with Crippen molar-refractivity contribution < 1.29 is 33.7 Å². The van der Waals surface area contributed by atoms with Crippen LogP contribution >= 0.6 is 0 Å². The lowest BCUT2D eigenvalue weighted by Gasteiger charge is -2.25. The minimum absolute atomic E-state index is 0.154. The van der Waals surface area contributed by atoms with E-state index in [1.54, 1.807) is 75.4 Å². The van der Waals surface area contributed by atoms with Gasteiger partial charge in [-0.15, -0.1) is 0 Å². The highest BCUT2D eigenvalue weighted by atomic mass is 16.5. The molecule has 4 rings (SSSR count). The molecule has 1 aliphatic rings. The van der Waals surface area contributed by atoms with Gasteiger partial charge in [-0.05, 0) is 70.2 Å². The fraction of sp³-hybridized carbons (Fsp3) is 0.267. The number of carbonyl (C=O) groups excluding carboxylic acids is 3. The lowest BCUT2D eigenvalue weighted by atomic mass is 9.97. The summed E-state index contributed by atoms with van der Waals surface area (Å²) in [6.07, 6.45) is 1.20. The number of benzene rings is 2. The number of amides is 1. The van der Waals surface area contributed by atoms with Crippen LogP contribution in [0, 0.1) is 0 Å². The minimum atomic E-state index is -1.07. The monoisotopic (exact) mass is 530 g/mol. The van der Waals surface area contributed by atoms with Gasteiger partial charge in [0.05, 0.1) is 41.7 Å². The van der Waals surface area contributed by atoms with Crippen LogP contribution in [-0.2, 0) is 14.3 Å². The SMILES string of the molecule is CCOc1ccc(/C(O)=C2/C(=O)C(=O)N(c3cccc(C(=O)OC(C)C)c3)C2c2ccccn2)c(OCC)c1. The van der Waals surface area contributed by atoms with E-state index in [4.69, 9.17) is 14.2 Å². The van der Waals surface area contributed by atoms with Crippen molar-refractivity contribution in [1.29, 1.82) is 0 Å². The van der Waals surface area contributed by atoms with Gasteiger partial charge in [0.1, 0.15) is 23.3 Å². The fourth-order valence-electron chi connectivity index (χ4n) is 4.36. The molecule has 1 aromatic heterocycles. The first kappa shape index (κ1) is 27.4. The summed E-state index contributed by atoms with van der Waals surface area (Å²) >= 11 is 0. The van der Waals surface area contributed by atoms with Crippen LogP contribution in [0.2, 0.25) is 0 Å². The number of anilines is 1. The van der Waals surface area contributed by atoms with E-state index in [1.165, 1.54) is 17.2 Å². The molecule has 9 nitrogen and oxygen atoms in total. The molecule has 2 aromatic carbocycles. The van der Waals surface area contributed by atoms with Crippen molar-refractivity contribution in [2.24, 2.45) is 0 Å². The summed E-state index contributed by atoms with van der Waals surface area (Å²) in [5.74, 6) is -1.91. The van der Waals surface area contributed by atoms with E-state index >= 15 is 0 Å². The average Bonchev–Trinajstić information content (AvgIpc) is 3.19. The zero-order valence-electron chi connectivity index (χ0n) is 22.2. The zero-order chi connectivity index (χ0) is 28.1. The van der Waals surface area contributed by atoms with Crippen LogP contribution in [0.4, 0.5) is 5.69 Å².